The van der Waals surface area contributed by atoms with E-state index < -0.39 is 0 Å². The Morgan fingerprint density at radius 1 is 1.31 bits per heavy atom. The van der Waals surface area contributed by atoms with E-state index in [-0.39, 0.29) is 11.9 Å². The van der Waals surface area contributed by atoms with Gasteiger partial charge in [-0.2, -0.15) is 5.10 Å². The quantitative estimate of drug-likeness (QED) is 0.757. The number of hydrogen-bond acceptors (Lipinski definition) is 5. The van der Waals surface area contributed by atoms with Crippen molar-refractivity contribution in [2.24, 2.45) is 0 Å². The molecule has 2 N–H and O–H groups in total. The number of oxazole rings is 1. The highest BCUT2D eigenvalue weighted by Crippen LogP contribution is 2.34. The van der Waals surface area contributed by atoms with Crippen LogP contribution in [0.3, 0.4) is 0 Å². The van der Waals surface area contributed by atoms with Gasteiger partial charge in [0.2, 0.25) is 5.89 Å². The van der Waals surface area contributed by atoms with Crippen molar-refractivity contribution < 1.29 is 9.21 Å². The summed E-state index contributed by atoms with van der Waals surface area (Å²) in [6, 6.07) is 7.10. The molecule has 7 nitrogen and oxygen atoms in total. The van der Waals surface area contributed by atoms with Gasteiger partial charge in [0, 0.05) is 29.1 Å². The molecule has 2 saturated heterocycles. The van der Waals surface area contributed by atoms with E-state index in [0.29, 0.717) is 23.7 Å². The van der Waals surface area contributed by atoms with Crippen LogP contribution in [0.4, 0.5) is 0 Å². The minimum atomic E-state index is -0.116. The van der Waals surface area contributed by atoms with Gasteiger partial charge < -0.3 is 14.6 Å². The molecule has 1 amide bonds. The average molecular weight is 351 g/mol. The summed E-state index contributed by atoms with van der Waals surface area (Å²) in [5, 5.41) is 11.2. The predicted octanol–water partition coefficient (Wildman–Crippen LogP) is 2.57. The molecule has 0 spiro atoms. The summed E-state index contributed by atoms with van der Waals surface area (Å²) >= 11 is 0. The lowest BCUT2D eigenvalue weighted by molar-refractivity contribution is 0.0879. The summed E-state index contributed by atoms with van der Waals surface area (Å²) in [4.78, 5) is 19.5. The van der Waals surface area contributed by atoms with Crippen molar-refractivity contribution in [3.8, 4) is 11.5 Å². The smallest absolute Gasteiger partial charge is 0.272 e. The average Bonchev–Trinajstić information content (AvgIpc) is 3.34. The van der Waals surface area contributed by atoms with Crippen LogP contribution in [0.15, 0.2) is 35.1 Å². The van der Waals surface area contributed by atoms with Gasteiger partial charge in [0.1, 0.15) is 6.26 Å². The molecule has 2 unspecified atom stereocenters. The number of fused-ring (bicyclic) bond motifs is 3. The van der Waals surface area contributed by atoms with E-state index in [1.807, 2.05) is 18.2 Å². The van der Waals surface area contributed by atoms with Gasteiger partial charge in [-0.25, -0.2) is 4.98 Å². The Morgan fingerprint density at radius 2 is 2.12 bits per heavy atom. The fourth-order valence-corrected chi connectivity index (χ4v) is 4.47. The van der Waals surface area contributed by atoms with E-state index in [0.717, 1.165) is 29.3 Å². The summed E-state index contributed by atoms with van der Waals surface area (Å²) in [5.41, 5.74) is 2.09. The van der Waals surface area contributed by atoms with E-state index in [4.69, 9.17) is 4.42 Å². The Kier molecular flexibility index (Phi) is 3.56. The molecule has 7 heteroatoms. The largest absolute Gasteiger partial charge is 0.445 e. The summed E-state index contributed by atoms with van der Waals surface area (Å²) in [5.74, 6) is 0.418. The van der Waals surface area contributed by atoms with Crippen LogP contribution in [0.1, 0.15) is 36.2 Å². The molecule has 1 aromatic carbocycles. The first-order valence-corrected chi connectivity index (χ1v) is 9.10. The number of benzene rings is 1. The number of H-pyrrole nitrogens is 1. The molecule has 2 bridgehead atoms. The van der Waals surface area contributed by atoms with E-state index >= 15 is 0 Å². The predicted molar refractivity (Wildman–Crippen MR) is 96.7 cm³/mol. The van der Waals surface area contributed by atoms with Gasteiger partial charge in [-0.1, -0.05) is 0 Å². The van der Waals surface area contributed by atoms with Gasteiger partial charge in [0.15, 0.2) is 5.69 Å². The molecule has 26 heavy (non-hydrogen) atoms. The van der Waals surface area contributed by atoms with Crippen molar-refractivity contribution in [1.29, 1.82) is 0 Å². The summed E-state index contributed by atoms with van der Waals surface area (Å²) in [6.07, 6.45) is 7.65. The van der Waals surface area contributed by atoms with Crippen LogP contribution >= 0.6 is 0 Å². The lowest BCUT2D eigenvalue weighted by atomic mass is 9.98. The SMILES string of the molecule is CN1C2CCC1CC(NC(=O)c1n[nH]c3ccc(-c4ncco4)cc13)C2. The Morgan fingerprint density at radius 3 is 2.85 bits per heavy atom. The molecule has 3 aromatic rings. The maximum absolute atomic E-state index is 12.9. The number of hydrogen-bond donors (Lipinski definition) is 2. The fraction of sp³-hybridized carbons (Fsp3) is 0.421. The standard InChI is InChI=1S/C19H21N5O2/c1-24-13-3-4-14(24)10-12(9-13)21-18(25)17-15-8-11(19-20-6-7-26-19)2-5-16(15)22-23-17/h2,5-8,12-14H,3-4,9-10H2,1H3,(H,21,25)(H,22,23). The highest BCUT2D eigenvalue weighted by atomic mass is 16.3. The van der Waals surface area contributed by atoms with Crippen LogP contribution in [0.2, 0.25) is 0 Å². The van der Waals surface area contributed by atoms with E-state index in [1.54, 1.807) is 6.20 Å². The molecule has 2 aliphatic heterocycles. The summed E-state index contributed by atoms with van der Waals surface area (Å²) in [7, 11) is 2.20. The van der Waals surface area contributed by atoms with Crippen molar-refractivity contribution >= 4 is 16.8 Å². The van der Waals surface area contributed by atoms with Gasteiger partial charge in [0.05, 0.1) is 11.7 Å². The monoisotopic (exact) mass is 351 g/mol. The molecule has 0 saturated carbocycles. The third-order valence-corrected chi connectivity index (χ3v) is 5.89. The molecule has 2 atom stereocenters. The zero-order chi connectivity index (χ0) is 17.7. The molecule has 4 heterocycles. The van der Waals surface area contributed by atoms with Crippen molar-refractivity contribution in [2.45, 2.75) is 43.8 Å². The van der Waals surface area contributed by atoms with Gasteiger partial charge in [-0.3, -0.25) is 9.89 Å². The highest BCUT2D eigenvalue weighted by Gasteiger charge is 2.39. The number of carbonyl (C=O) groups is 1. The first-order chi connectivity index (χ1) is 12.7. The minimum absolute atomic E-state index is 0.116. The van der Waals surface area contributed by atoms with E-state index in [1.165, 1.54) is 19.1 Å². The molecule has 0 aliphatic carbocycles. The number of rotatable bonds is 3. The second-order valence-electron chi connectivity index (χ2n) is 7.36. The Hall–Kier alpha value is -2.67. The number of aromatic nitrogens is 3. The lowest BCUT2D eigenvalue weighted by Gasteiger charge is -2.36. The Balaban J connectivity index is 1.40. The number of piperidine rings is 1. The van der Waals surface area contributed by atoms with E-state index in [2.05, 4.69) is 32.4 Å². The highest BCUT2D eigenvalue weighted by molar-refractivity contribution is 6.05. The van der Waals surface area contributed by atoms with Crippen molar-refractivity contribution in [2.75, 3.05) is 7.05 Å². The zero-order valence-electron chi connectivity index (χ0n) is 14.6. The minimum Gasteiger partial charge on any atom is -0.445 e. The normalized spacial score (nSPS) is 25.7. The summed E-state index contributed by atoms with van der Waals surface area (Å²) < 4.78 is 5.36. The van der Waals surface area contributed by atoms with E-state index in [9.17, 15) is 4.79 Å². The number of nitrogens with zero attached hydrogens (tertiary/aromatic N) is 3. The molecule has 134 valence electrons. The lowest BCUT2D eigenvalue weighted by Crippen LogP contribution is -2.48. The molecule has 0 radical (unpaired) electrons. The molecule has 2 fully saturated rings. The van der Waals surface area contributed by atoms with Gasteiger partial charge in [-0.15, -0.1) is 0 Å². The molecular weight excluding hydrogens is 330 g/mol. The Labute approximate surface area is 150 Å². The Bertz CT molecular complexity index is 934. The third-order valence-electron chi connectivity index (χ3n) is 5.89. The molecule has 5 rings (SSSR count). The van der Waals surface area contributed by atoms with Crippen LogP contribution in [-0.2, 0) is 0 Å². The first-order valence-electron chi connectivity index (χ1n) is 9.10. The van der Waals surface area contributed by atoms with Crippen LogP contribution in [0, 0.1) is 0 Å². The van der Waals surface area contributed by atoms with Crippen LogP contribution in [0.5, 0.6) is 0 Å². The van der Waals surface area contributed by atoms with Gasteiger partial charge in [0.25, 0.3) is 5.91 Å². The van der Waals surface area contributed by atoms with Crippen LogP contribution in [0.25, 0.3) is 22.4 Å². The zero-order valence-corrected chi connectivity index (χ0v) is 14.6. The second-order valence-corrected chi connectivity index (χ2v) is 7.36. The third kappa shape index (κ3) is 2.50. The van der Waals surface area contributed by atoms with Gasteiger partial charge >= 0.3 is 0 Å². The maximum atomic E-state index is 12.9. The van der Waals surface area contributed by atoms with Crippen molar-refractivity contribution in [1.82, 2.24) is 25.4 Å². The second kappa shape index (κ2) is 5.95. The maximum Gasteiger partial charge on any atom is 0.272 e. The molecule has 2 aliphatic rings. The molecule has 2 aromatic heterocycles. The van der Waals surface area contributed by atoms with Crippen molar-refractivity contribution in [3.05, 3.63) is 36.4 Å². The number of aromatic amines is 1. The number of amides is 1. The number of carbonyl (C=O) groups excluding carboxylic acids is 1. The van der Waals surface area contributed by atoms with Crippen LogP contribution < -0.4 is 5.32 Å². The first kappa shape index (κ1) is 15.6. The van der Waals surface area contributed by atoms with Gasteiger partial charge in [-0.05, 0) is 50.9 Å². The fourth-order valence-electron chi connectivity index (χ4n) is 4.47. The number of nitrogens with one attached hydrogen (secondary N) is 2. The molecular formula is C19H21N5O2. The van der Waals surface area contributed by atoms with Crippen LogP contribution in [-0.4, -0.2) is 51.2 Å². The topological polar surface area (TPSA) is 87.0 Å². The van der Waals surface area contributed by atoms with Crippen molar-refractivity contribution in [3.63, 3.8) is 0 Å². The summed E-state index contributed by atoms with van der Waals surface area (Å²) in [6.45, 7) is 0.